The molecule has 1 aromatic heterocycles. The summed E-state index contributed by atoms with van der Waals surface area (Å²) in [4.78, 5) is 0. The first-order valence-electron chi connectivity index (χ1n) is 8.29. The quantitative estimate of drug-likeness (QED) is 0.439. The fourth-order valence-electron chi connectivity index (χ4n) is 3.36. The van der Waals surface area contributed by atoms with Crippen molar-refractivity contribution in [2.24, 2.45) is 0 Å². The molecule has 0 amide bonds. The van der Waals surface area contributed by atoms with Crippen LogP contribution in [0.4, 0.5) is 0 Å². The van der Waals surface area contributed by atoms with Crippen molar-refractivity contribution in [2.45, 2.75) is 26.3 Å². The lowest BCUT2D eigenvalue weighted by molar-refractivity contribution is 0.849. The minimum atomic E-state index is 0.581. The first kappa shape index (κ1) is 14.1. The fourth-order valence-corrected chi connectivity index (χ4v) is 3.36. The number of para-hydroxylation sites is 2. The van der Waals surface area contributed by atoms with E-state index in [9.17, 15) is 0 Å². The maximum atomic E-state index is 2.43. The number of fused-ring (bicyclic) bond motifs is 3. The molecule has 4 aromatic rings. The lowest BCUT2D eigenvalue weighted by atomic mass is 10.0. The van der Waals surface area contributed by atoms with Gasteiger partial charge in [-0.15, -0.1) is 0 Å². The van der Waals surface area contributed by atoms with Crippen molar-refractivity contribution < 1.29 is 0 Å². The second kappa shape index (κ2) is 5.58. The zero-order valence-corrected chi connectivity index (χ0v) is 13.7. The van der Waals surface area contributed by atoms with Crippen molar-refractivity contribution in [2.75, 3.05) is 0 Å². The summed E-state index contributed by atoms with van der Waals surface area (Å²) in [7, 11) is 0. The van der Waals surface area contributed by atoms with E-state index in [1.165, 1.54) is 32.9 Å². The van der Waals surface area contributed by atoms with Gasteiger partial charge in [0.25, 0.3) is 0 Å². The highest BCUT2D eigenvalue weighted by Crippen LogP contribution is 2.29. The molecule has 4 rings (SSSR count). The van der Waals surface area contributed by atoms with Crippen LogP contribution in [0.15, 0.2) is 72.8 Å². The molecule has 3 aromatic carbocycles. The summed E-state index contributed by atoms with van der Waals surface area (Å²) in [6, 6.07) is 26.4. The smallest absolute Gasteiger partial charge is 0.0494 e. The molecule has 0 fully saturated rings. The van der Waals surface area contributed by atoms with Gasteiger partial charge in [-0.3, -0.25) is 0 Å². The maximum absolute atomic E-state index is 2.43. The fraction of sp³-hybridized carbons (Fsp3) is 0.182. The third kappa shape index (κ3) is 2.43. The molecule has 114 valence electrons. The van der Waals surface area contributed by atoms with Crippen LogP contribution >= 0.6 is 0 Å². The molecule has 1 nitrogen and oxygen atoms in total. The SMILES string of the molecule is CC(C)c1ccc(Cn2c3ccccc3c3ccccc32)cc1. The van der Waals surface area contributed by atoms with Gasteiger partial charge in [0.2, 0.25) is 0 Å². The van der Waals surface area contributed by atoms with E-state index in [1.54, 1.807) is 0 Å². The topological polar surface area (TPSA) is 4.93 Å². The van der Waals surface area contributed by atoms with Gasteiger partial charge in [-0.25, -0.2) is 0 Å². The Morgan fingerprint density at radius 3 is 1.74 bits per heavy atom. The van der Waals surface area contributed by atoms with E-state index in [-0.39, 0.29) is 0 Å². The molecule has 0 saturated heterocycles. The Balaban J connectivity index is 1.84. The van der Waals surface area contributed by atoms with Crippen LogP contribution in [0.1, 0.15) is 30.9 Å². The van der Waals surface area contributed by atoms with Gasteiger partial charge >= 0.3 is 0 Å². The molecule has 0 bridgehead atoms. The highest BCUT2D eigenvalue weighted by atomic mass is 15.0. The summed E-state index contributed by atoms with van der Waals surface area (Å²) in [6.07, 6.45) is 0. The van der Waals surface area contributed by atoms with Crippen LogP contribution in [-0.2, 0) is 6.54 Å². The first-order chi connectivity index (χ1) is 11.2. The van der Waals surface area contributed by atoms with Crippen LogP contribution < -0.4 is 0 Å². The van der Waals surface area contributed by atoms with E-state index >= 15 is 0 Å². The minimum Gasteiger partial charge on any atom is -0.336 e. The number of hydrogen-bond donors (Lipinski definition) is 0. The van der Waals surface area contributed by atoms with Gasteiger partial charge in [0.1, 0.15) is 0 Å². The number of nitrogens with zero attached hydrogens (tertiary/aromatic N) is 1. The van der Waals surface area contributed by atoms with E-state index in [1.807, 2.05) is 0 Å². The van der Waals surface area contributed by atoms with Gasteiger partial charge in [-0.05, 0) is 29.2 Å². The third-order valence-electron chi connectivity index (χ3n) is 4.67. The molecule has 0 aliphatic carbocycles. The standard InChI is InChI=1S/C22H21N/c1-16(2)18-13-11-17(12-14-18)15-23-21-9-5-3-7-19(21)20-8-4-6-10-22(20)23/h3-14,16H,15H2,1-2H3. The molecule has 1 heterocycles. The number of benzene rings is 3. The van der Waals surface area contributed by atoms with Crippen molar-refractivity contribution in [3.05, 3.63) is 83.9 Å². The largest absolute Gasteiger partial charge is 0.336 e. The Bertz CT molecular complexity index is 905. The second-order valence-electron chi connectivity index (χ2n) is 6.52. The van der Waals surface area contributed by atoms with Gasteiger partial charge in [-0.2, -0.15) is 0 Å². The molecule has 0 spiro atoms. The second-order valence-corrected chi connectivity index (χ2v) is 6.52. The molecule has 1 heteroatoms. The van der Waals surface area contributed by atoms with Gasteiger partial charge in [-0.1, -0.05) is 74.5 Å². The number of aromatic nitrogens is 1. The summed E-state index contributed by atoms with van der Waals surface area (Å²) in [5.74, 6) is 0.581. The van der Waals surface area contributed by atoms with Crippen LogP contribution in [0.2, 0.25) is 0 Å². The van der Waals surface area contributed by atoms with Crippen LogP contribution in [0, 0.1) is 0 Å². The lowest BCUT2D eigenvalue weighted by Gasteiger charge is -2.10. The van der Waals surface area contributed by atoms with E-state index in [2.05, 4.69) is 91.2 Å². The Hall–Kier alpha value is -2.54. The van der Waals surface area contributed by atoms with Gasteiger partial charge in [0, 0.05) is 28.4 Å². The molecule has 0 aliphatic heterocycles. The molecule has 0 unspecified atom stereocenters. The molecular weight excluding hydrogens is 278 g/mol. The normalized spacial score (nSPS) is 11.6. The summed E-state index contributed by atoms with van der Waals surface area (Å²) in [6.45, 7) is 5.39. The molecule has 0 radical (unpaired) electrons. The average Bonchev–Trinajstić information content (AvgIpc) is 2.90. The Labute approximate surface area is 137 Å². The van der Waals surface area contributed by atoms with Crippen LogP contribution in [0.3, 0.4) is 0 Å². The zero-order valence-electron chi connectivity index (χ0n) is 13.7. The Kier molecular flexibility index (Phi) is 3.42. The summed E-state index contributed by atoms with van der Waals surface area (Å²) in [5.41, 5.74) is 5.36. The highest BCUT2D eigenvalue weighted by molar-refractivity contribution is 6.08. The molecule has 0 aliphatic rings. The van der Waals surface area contributed by atoms with Crippen LogP contribution in [0.5, 0.6) is 0 Å². The maximum Gasteiger partial charge on any atom is 0.0494 e. The van der Waals surface area contributed by atoms with Gasteiger partial charge in [0.15, 0.2) is 0 Å². The van der Waals surface area contributed by atoms with E-state index < -0.39 is 0 Å². The predicted molar refractivity (Wildman–Crippen MR) is 99.1 cm³/mol. The molecule has 23 heavy (non-hydrogen) atoms. The van der Waals surface area contributed by atoms with Crippen molar-refractivity contribution >= 4 is 21.8 Å². The number of hydrogen-bond acceptors (Lipinski definition) is 0. The molecule has 0 N–H and O–H groups in total. The van der Waals surface area contributed by atoms with Gasteiger partial charge < -0.3 is 4.57 Å². The van der Waals surface area contributed by atoms with Crippen LogP contribution in [0.25, 0.3) is 21.8 Å². The average molecular weight is 299 g/mol. The predicted octanol–water partition coefficient (Wildman–Crippen LogP) is 5.97. The highest BCUT2D eigenvalue weighted by Gasteiger charge is 2.10. The zero-order chi connectivity index (χ0) is 15.8. The summed E-state index contributed by atoms with van der Waals surface area (Å²) in [5, 5.41) is 2.67. The van der Waals surface area contributed by atoms with Crippen LogP contribution in [-0.4, -0.2) is 4.57 Å². The summed E-state index contributed by atoms with van der Waals surface area (Å²) >= 11 is 0. The van der Waals surface area contributed by atoms with Crippen molar-refractivity contribution in [3.8, 4) is 0 Å². The molecular formula is C22H21N. The number of rotatable bonds is 3. The van der Waals surface area contributed by atoms with Gasteiger partial charge in [0.05, 0.1) is 0 Å². The monoisotopic (exact) mass is 299 g/mol. The van der Waals surface area contributed by atoms with E-state index in [0.29, 0.717) is 5.92 Å². The van der Waals surface area contributed by atoms with Crippen molar-refractivity contribution in [1.29, 1.82) is 0 Å². The molecule has 0 saturated carbocycles. The van der Waals surface area contributed by atoms with E-state index in [0.717, 1.165) is 6.54 Å². The minimum absolute atomic E-state index is 0.581. The van der Waals surface area contributed by atoms with Crippen molar-refractivity contribution in [1.82, 2.24) is 4.57 Å². The third-order valence-corrected chi connectivity index (χ3v) is 4.67. The molecule has 0 atom stereocenters. The Morgan fingerprint density at radius 2 is 1.22 bits per heavy atom. The lowest BCUT2D eigenvalue weighted by Crippen LogP contribution is -1.99. The van der Waals surface area contributed by atoms with E-state index in [4.69, 9.17) is 0 Å². The Morgan fingerprint density at radius 1 is 0.696 bits per heavy atom. The van der Waals surface area contributed by atoms with Crippen molar-refractivity contribution in [3.63, 3.8) is 0 Å². The first-order valence-corrected chi connectivity index (χ1v) is 8.29. The summed E-state index contributed by atoms with van der Waals surface area (Å²) < 4.78 is 2.43.